The SMILES string of the molecule is CCC1(F)CCCC(F)(F)C1(F)F. The van der Waals surface area contributed by atoms with Gasteiger partial charge in [0.05, 0.1) is 0 Å². The molecule has 0 N–H and O–H groups in total. The summed E-state index contributed by atoms with van der Waals surface area (Å²) in [7, 11) is 0. The summed E-state index contributed by atoms with van der Waals surface area (Å²) in [5, 5.41) is 0. The molecule has 1 aliphatic rings. The van der Waals surface area contributed by atoms with Gasteiger partial charge in [0.2, 0.25) is 0 Å². The van der Waals surface area contributed by atoms with Crippen LogP contribution in [0.15, 0.2) is 0 Å². The number of hydrogen-bond donors (Lipinski definition) is 0. The number of rotatable bonds is 1. The quantitative estimate of drug-likeness (QED) is 0.570. The van der Waals surface area contributed by atoms with Gasteiger partial charge in [0, 0.05) is 6.42 Å². The van der Waals surface area contributed by atoms with Gasteiger partial charge in [-0.1, -0.05) is 6.92 Å². The fourth-order valence-corrected chi connectivity index (χ4v) is 1.63. The van der Waals surface area contributed by atoms with Crippen LogP contribution >= 0.6 is 0 Å². The predicted molar refractivity (Wildman–Crippen MR) is 37.9 cm³/mol. The molecule has 0 aromatic carbocycles. The van der Waals surface area contributed by atoms with Gasteiger partial charge in [-0.15, -0.1) is 0 Å². The van der Waals surface area contributed by atoms with Crippen molar-refractivity contribution in [1.29, 1.82) is 0 Å². The minimum Gasteiger partial charge on any atom is -0.237 e. The van der Waals surface area contributed by atoms with Crippen molar-refractivity contribution in [1.82, 2.24) is 0 Å². The van der Waals surface area contributed by atoms with Crippen LogP contribution in [0.25, 0.3) is 0 Å². The second-order valence-electron chi connectivity index (χ2n) is 3.45. The van der Waals surface area contributed by atoms with E-state index in [0.29, 0.717) is 0 Å². The Hall–Kier alpha value is -0.350. The highest BCUT2D eigenvalue weighted by Gasteiger charge is 2.70. The summed E-state index contributed by atoms with van der Waals surface area (Å²) < 4.78 is 64.5. The van der Waals surface area contributed by atoms with Gasteiger partial charge in [-0.05, 0) is 19.3 Å². The molecule has 1 fully saturated rings. The Morgan fingerprint density at radius 1 is 1.00 bits per heavy atom. The minimum atomic E-state index is -4.52. The zero-order valence-corrected chi connectivity index (χ0v) is 7.22. The van der Waals surface area contributed by atoms with E-state index < -0.39 is 36.8 Å². The fourth-order valence-electron chi connectivity index (χ4n) is 1.63. The van der Waals surface area contributed by atoms with Crippen LogP contribution in [-0.4, -0.2) is 17.5 Å². The molecule has 1 rings (SSSR count). The van der Waals surface area contributed by atoms with Gasteiger partial charge < -0.3 is 0 Å². The number of alkyl halides is 5. The first kappa shape index (κ1) is 10.7. The maximum absolute atomic E-state index is 13.3. The Bertz CT molecular complexity index is 201. The zero-order valence-electron chi connectivity index (χ0n) is 7.22. The van der Waals surface area contributed by atoms with Gasteiger partial charge in [0.25, 0.3) is 0 Å². The zero-order chi connectivity index (χ0) is 10.3. The number of halogens is 5. The van der Waals surface area contributed by atoms with Gasteiger partial charge in [-0.25, -0.2) is 4.39 Å². The van der Waals surface area contributed by atoms with Crippen molar-refractivity contribution in [2.24, 2.45) is 0 Å². The van der Waals surface area contributed by atoms with Gasteiger partial charge in [-0.2, -0.15) is 17.6 Å². The molecule has 0 radical (unpaired) electrons. The van der Waals surface area contributed by atoms with Gasteiger partial charge in [0.1, 0.15) is 0 Å². The van der Waals surface area contributed by atoms with Crippen molar-refractivity contribution in [2.75, 3.05) is 0 Å². The van der Waals surface area contributed by atoms with Crippen LogP contribution in [-0.2, 0) is 0 Å². The van der Waals surface area contributed by atoms with Gasteiger partial charge >= 0.3 is 11.8 Å². The Morgan fingerprint density at radius 2 is 1.54 bits per heavy atom. The van der Waals surface area contributed by atoms with E-state index in [0.717, 1.165) is 6.92 Å². The third kappa shape index (κ3) is 1.32. The molecule has 0 heterocycles. The molecule has 0 aromatic heterocycles. The highest BCUT2D eigenvalue weighted by Crippen LogP contribution is 2.54. The lowest BCUT2D eigenvalue weighted by Gasteiger charge is -2.41. The monoisotopic (exact) mass is 202 g/mol. The molecule has 1 aliphatic carbocycles. The summed E-state index contributed by atoms with van der Waals surface area (Å²) in [6.45, 7) is 1.16. The van der Waals surface area contributed by atoms with Crippen molar-refractivity contribution in [2.45, 2.75) is 50.1 Å². The lowest BCUT2D eigenvalue weighted by atomic mass is 9.78. The average Bonchev–Trinajstić information content (AvgIpc) is 2.01. The van der Waals surface area contributed by atoms with Gasteiger partial charge in [0.15, 0.2) is 5.67 Å². The highest BCUT2D eigenvalue weighted by molar-refractivity contribution is 5.04. The van der Waals surface area contributed by atoms with Gasteiger partial charge in [-0.3, -0.25) is 0 Å². The van der Waals surface area contributed by atoms with Crippen LogP contribution in [0.4, 0.5) is 22.0 Å². The topological polar surface area (TPSA) is 0 Å². The summed E-state index contributed by atoms with van der Waals surface area (Å²) in [5.74, 6) is -8.72. The van der Waals surface area contributed by atoms with Crippen molar-refractivity contribution < 1.29 is 22.0 Å². The summed E-state index contributed by atoms with van der Waals surface area (Å²) in [4.78, 5) is 0. The molecule has 1 atom stereocenters. The number of hydrogen-bond acceptors (Lipinski definition) is 0. The molecule has 0 spiro atoms. The first-order valence-corrected chi connectivity index (χ1v) is 4.21. The van der Waals surface area contributed by atoms with Crippen molar-refractivity contribution in [3.63, 3.8) is 0 Å². The molecule has 1 unspecified atom stereocenters. The van der Waals surface area contributed by atoms with Crippen molar-refractivity contribution in [3.05, 3.63) is 0 Å². The molecule has 13 heavy (non-hydrogen) atoms. The molecule has 0 aromatic rings. The van der Waals surface area contributed by atoms with Crippen LogP contribution < -0.4 is 0 Å². The molecule has 5 heteroatoms. The smallest absolute Gasteiger partial charge is 0.237 e. The first-order chi connectivity index (χ1) is 5.77. The molecule has 0 saturated heterocycles. The summed E-state index contributed by atoms with van der Waals surface area (Å²) in [5.41, 5.74) is -3.03. The van der Waals surface area contributed by atoms with E-state index in [2.05, 4.69) is 0 Å². The van der Waals surface area contributed by atoms with Crippen LogP contribution in [0.3, 0.4) is 0 Å². The van der Waals surface area contributed by atoms with Crippen molar-refractivity contribution in [3.8, 4) is 0 Å². The third-order valence-electron chi connectivity index (χ3n) is 2.65. The first-order valence-electron chi connectivity index (χ1n) is 4.21. The van der Waals surface area contributed by atoms with E-state index in [1.54, 1.807) is 0 Å². The second-order valence-corrected chi connectivity index (χ2v) is 3.45. The molecule has 1 saturated carbocycles. The van der Waals surface area contributed by atoms with E-state index in [9.17, 15) is 22.0 Å². The maximum Gasteiger partial charge on any atom is 0.343 e. The van der Waals surface area contributed by atoms with Crippen LogP contribution in [0.1, 0.15) is 32.6 Å². The summed E-state index contributed by atoms with van der Waals surface area (Å²) >= 11 is 0. The Balaban J connectivity index is 3.01. The van der Waals surface area contributed by atoms with E-state index in [-0.39, 0.29) is 6.42 Å². The van der Waals surface area contributed by atoms with E-state index in [4.69, 9.17) is 0 Å². The molecule has 78 valence electrons. The molecule has 0 nitrogen and oxygen atoms in total. The van der Waals surface area contributed by atoms with Crippen molar-refractivity contribution >= 4 is 0 Å². The van der Waals surface area contributed by atoms with E-state index in [1.807, 2.05) is 0 Å². The molecular weight excluding hydrogens is 191 g/mol. The molecule has 0 bridgehead atoms. The third-order valence-corrected chi connectivity index (χ3v) is 2.65. The lowest BCUT2D eigenvalue weighted by Crippen LogP contribution is -2.58. The Labute approximate surface area is 73.1 Å². The predicted octanol–water partition coefficient (Wildman–Crippen LogP) is 3.56. The standard InChI is InChI=1S/C8H11F5/c1-2-6(9)4-3-5-7(10,11)8(6,12)13/h2-5H2,1H3. The lowest BCUT2D eigenvalue weighted by molar-refractivity contribution is -0.292. The Kier molecular flexibility index (Phi) is 2.33. The summed E-state index contributed by atoms with van der Waals surface area (Å²) in [6.07, 6.45) is -2.17. The molecule has 0 amide bonds. The second kappa shape index (κ2) is 2.82. The normalized spacial score (nSPS) is 37.4. The molecular formula is C8H11F5. The van der Waals surface area contributed by atoms with E-state index in [1.165, 1.54) is 0 Å². The van der Waals surface area contributed by atoms with Crippen LogP contribution in [0.2, 0.25) is 0 Å². The largest absolute Gasteiger partial charge is 0.343 e. The maximum atomic E-state index is 13.3. The highest BCUT2D eigenvalue weighted by atomic mass is 19.3. The average molecular weight is 202 g/mol. The summed E-state index contributed by atoms with van der Waals surface area (Å²) in [6, 6.07) is 0. The Morgan fingerprint density at radius 3 is 1.92 bits per heavy atom. The van der Waals surface area contributed by atoms with Crippen LogP contribution in [0.5, 0.6) is 0 Å². The van der Waals surface area contributed by atoms with E-state index >= 15 is 0 Å². The van der Waals surface area contributed by atoms with Crippen LogP contribution in [0, 0.1) is 0 Å². The minimum absolute atomic E-state index is 0.188. The fraction of sp³-hybridized carbons (Fsp3) is 1.00. The molecule has 0 aliphatic heterocycles.